The summed E-state index contributed by atoms with van der Waals surface area (Å²) in [5.74, 6) is 0.712. The number of hydrogen-bond acceptors (Lipinski definition) is 3. The van der Waals surface area contributed by atoms with Crippen molar-refractivity contribution in [1.82, 2.24) is 4.31 Å². The highest BCUT2D eigenvalue weighted by Gasteiger charge is 2.25. The summed E-state index contributed by atoms with van der Waals surface area (Å²) in [7, 11) is -3.24. The van der Waals surface area contributed by atoms with Crippen molar-refractivity contribution in [3.05, 3.63) is 35.4 Å². The van der Waals surface area contributed by atoms with Crippen LogP contribution in [0.25, 0.3) is 0 Å². The van der Waals surface area contributed by atoms with Crippen molar-refractivity contribution in [2.75, 3.05) is 13.1 Å². The predicted molar refractivity (Wildman–Crippen MR) is 84.2 cm³/mol. The lowest BCUT2D eigenvalue weighted by molar-refractivity contribution is 0.282. The van der Waals surface area contributed by atoms with Crippen molar-refractivity contribution in [2.24, 2.45) is 5.92 Å². The van der Waals surface area contributed by atoms with Crippen LogP contribution < -0.4 is 0 Å². The quantitative estimate of drug-likeness (QED) is 0.909. The Balaban J connectivity index is 2.03. The van der Waals surface area contributed by atoms with Gasteiger partial charge < -0.3 is 5.11 Å². The molecule has 4 nitrogen and oxygen atoms in total. The van der Waals surface area contributed by atoms with E-state index in [-0.39, 0.29) is 12.4 Å². The van der Waals surface area contributed by atoms with Crippen molar-refractivity contribution >= 4 is 10.0 Å². The Labute approximate surface area is 127 Å². The second-order valence-electron chi connectivity index (χ2n) is 5.84. The van der Waals surface area contributed by atoms with Crippen LogP contribution in [0.15, 0.2) is 24.3 Å². The minimum absolute atomic E-state index is 0.0163. The smallest absolute Gasteiger partial charge is 0.218 e. The summed E-state index contributed by atoms with van der Waals surface area (Å²) in [5, 5.41) is 9.02. The van der Waals surface area contributed by atoms with Crippen LogP contribution >= 0.6 is 0 Å². The lowest BCUT2D eigenvalue weighted by atomic mass is 9.98. The highest BCUT2D eigenvalue weighted by molar-refractivity contribution is 7.88. The Kier molecular flexibility index (Phi) is 5.79. The number of nitrogens with zero attached hydrogens (tertiary/aromatic N) is 1. The Morgan fingerprint density at radius 3 is 2.43 bits per heavy atom. The topological polar surface area (TPSA) is 57.6 Å². The van der Waals surface area contributed by atoms with Gasteiger partial charge in [-0.1, -0.05) is 37.6 Å². The highest BCUT2D eigenvalue weighted by atomic mass is 32.2. The molecule has 21 heavy (non-hydrogen) atoms. The van der Waals surface area contributed by atoms with Crippen LogP contribution in [0.5, 0.6) is 0 Å². The molecule has 1 N–H and O–H groups in total. The Hall–Kier alpha value is -0.910. The van der Waals surface area contributed by atoms with Crippen LogP contribution in [0.1, 0.15) is 43.7 Å². The normalized spacial score (nSPS) is 21.1. The molecule has 0 spiro atoms. The Bertz CT molecular complexity index is 539. The van der Waals surface area contributed by atoms with Crippen molar-refractivity contribution in [3.8, 4) is 0 Å². The lowest BCUT2D eigenvalue weighted by Crippen LogP contribution is -2.33. The van der Waals surface area contributed by atoms with E-state index < -0.39 is 10.0 Å². The van der Waals surface area contributed by atoms with E-state index in [4.69, 9.17) is 5.11 Å². The molecule has 1 aliphatic heterocycles. The van der Waals surface area contributed by atoms with Gasteiger partial charge in [-0.2, -0.15) is 0 Å². The van der Waals surface area contributed by atoms with E-state index in [1.807, 2.05) is 0 Å². The second-order valence-corrected chi connectivity index (χ2v) is 7.80. The summed E-state index contributed by atoms with van der Waals surface area (Å²) in [5.41, 5.74) is 1.58. The molecule has 0 radical (unpaired) electrons. The van der Waals surface area contributed by atoms with Gasteiger partial charge in [0.2, 0.25) is 10.0 Å². The fourth-order valence-corrected chi connectivity index (χ4v) is 4.46. The van der Waals surface area contributed by atoms with E-state index in [9.17, 15) is 8.42 Å². The van der Waals surface area contributed by atoms with Gasteiger partial charge in [-0.25, -0.2) is 12.7 Å². The van der Waals surface area contributed by atoms with E-state index in [0.29, 0.717) is 19.0 Å². The van der Waals surface area contributed by atoms with Crippen LogP contribution in [0.2, 0.25) is 0 Å². The predicted octanol–water partition coefficient (Wildman–Crippen LogP) is 2.52. The highest BCUT2D eigenvalue weighted by Crippen LogP contribution is 2.23. The summed E-state index contributed by atoms with van der Waals surface area (Å²) in [6, 6.07) is 7.13. The number of aliphatic hydroxyl groups excluding tert-OH is 1. The zero-order valence-electron chi connectivity index (χ0n) is 12.7. The molecule has 0 aromatic heterocycles. The van der Waals surface area contributed by atoms with Crippen LogP contribution in [-0.4, -0.2) is 30.9 Å². The van der Waals surface area contributed by atoms with Gasteiger partial charge in [-0.05, 0) is 36.3 Å². The molecule has 0 aliphatic carbocycles. The van der Waals surface area contributed by atoms with Crippen LogP contribution in [0.3, 0.4) is 0 Å². The van der Waals surface area contributed by atoms with Crippen LogP contribution in [0.4, 0.5) is 0 Å². The van der Waals surface area contributed by atoms with Gasteiger partial charge in [-0.3, -0.25) is 0 Å². The number of benzene rings is 1. The van der Waals surface area contributed by atoms with Gasteiger partial charge in [0.1, 0.15) is 0 Å². The molecule has 0 amide bonds. The molecule has 118 valence electrons. The zero-order chi connectivity index (χ0) is 15.3. The fraction of sp³-hybridized carbons (Fsp3) is 0.625. The molecule has 2 rings (SSSR count). The van der Waals surface area contributed by atoms with Gasteiger partial charge in [0.05, 0.1) is 12.4 Å². The van der Waals surface area contributed by atoms with Crippen molar-refractivity contribution in [1.29, 1.82) is 0 Å². The monoisotopic (exact) mass is 311 g/mol. The molecule has 5 heteroatoms. The third-order valence-electron chi connectivity index (χ3n) is 4.33. The maximum absolute atomic E-state index is 12.5. The minimum atomic E-state index is -3.24. The summed E-state index contributed by atoms with van der Waals surface area (Å²) in [6.07, 6.45) is 4.20. The van der Waals surface area contributed by atoms with E-state index >= 15 is 0 Å². The first-order valence-electron chi connectivity index (χ1n) is 7.71. The summed E-state index contributed by atoms with van der Waals surface area (Å²) in [6.45, 7) is 3.46. The molecule has 0 saturated carbocycles. The molecule has 1 aliphatic rings. The largest absolute Gasteiger partial charge is 0.392 e. The average Bonchev–Trinajstić information content (AvgIpc) is 2.73. The van der Waals surface area contributed by atoms with E-state index in [1.165, 1.54) is 0 Å². The molecular formula is C16H25NO3S. The molecule has 1 aromatic carbocycles. The number of hydrogen-bond donors (Lipinski definition) is 1. The molecule has 1 heterocycles. The fourth-order valence-electron chi connectivity index (χ4n) is 2.87. The lowest BCUT2D eigenvalue weighted by Gasteiger charge is -2.20. The average molecular weight is 311 g/mol. The third kappa shape index (κ3) is 4.53. The summed E-state index contributed by atoms with van der Waals surface area (Å²) >= 11 is 0. The molecule has 1 aromatic rings. The van der Waals surface area contributed by atoms with Crippen LogP contribution in [-0.2, 0) is 22.4 Å². The maximum atomic E-state index is 12.5. The second kappa shape index (κ2) is 7.38. The van der Waals surface area contributed by atoms with Gasteiger partial charge >= 0.3 is 0 Å². The minimum Gasteiger partial charge on any atom is -0.392 e. The first-order valence-corrected chi connectivity index (χ1v) is 9.32. The first kappa shape index (κ1) is 16.5. The van der Waals surface area contributed by atoms with Gasteiger partial charge in [0.15, 0.2) is 0 Å². The van der Waals surface area contributed by atoms with E-state index in [0.717, 1.165) is 36.8 Å². The Morgan fingerprint density at radius 2 is 1.81 bits per heavy atom. The molecule has 1 atom stereocenters. The zero-order valence-corrected chi connectivity index (χ0v) is 13.5. The first-order chi connectivity index (χ1) is 10.0. The van der Waals surface area contributed by atoms with E-state index in [1.54, 1.807) is 28.6 Å². The molecule has 0 bridgehead atoms. The molecule has 1 unspecified atom stereocenters. The Morgan fingerprint density at radius 1 is 1.14 bits per heavy atom. The maximum Gasteiger partial charge on any atom is 0.218 e. The molecule has 1 saturated heterocycles. The number of sulfonamides is 1. The number of rotatable bonds is 5. The van der Waals surface area contributed by atoms with Crippen molar-refractivity contribution in [2.45, 2.75) is 45.0 Å². The SMILES string of the molecule is CCC1CCCN(S(=O)(=O)Cc2ccc(CO)cc2)CC1. The van der Waals surface area contributed by atoms with Crippen molar-refractivity contribution < 1.29 is 13.5 Å². The van der Waals surface area contributed by atoms with Crippen molar-refractivity contribution in [3.63, 3.8) is 0 Å². The van der Waals surface area contributed by atoms with Gasteiger partial charge in [-0.15, -0.1) is 0 Å². The number of aliphatic hydroxyl groups is 1. The molecular weight excluding hydrogens is 286 g/mol. The van der Waals surface area contributed by atoms with Crippen LogP contribution in [0, 0.1) is 5.92 Å². The van der Waals surface area contributed by atoms with E-state index in [2.05, 4.69) is 6.92 Å². The third-order valence-corrected chi connectivity index (χ3v) is 6.18. The van der Waals surface area contributed by atoms with Gasteiger partial charge in [0.25, 0.3) is 0 Å². The summed E-state index contributed by atoms with van der Waals surface area (Å²) < 4.78 is 26.7. The standard InChI is InChI=1S/C16H25NO3S/c1-2-14-4-3-10-17(11-9-14)21(19,20)13-16-7-5-15(12-18)6-8-16/h5-8,14,18H,2-4,9-13H2,1H3. The molecule has 1 fully saturated rings. The summed E-state index contributed by atoms with van der Waals surface area (Å²) in [4.78, 5) is 0. The van der Waals surface area contributed by atoms with Gasteiger partial charge in [0, 0.05) is 13.1 Å².